The van der Waals surface area contributed by atoms with Crippen LogP contribution in [0, 0.1) is 0 Å². The summed E-state index contributed by atoms with van der Waals surface area (Å²) in [5.41, 5.74) is 0.511. The number of aliphatic hydroxyl groups excluding tert-OH is 1. The maximum absolute atomic E-state index is 12.6. The zero-order valence-electron chi connectivity index (χ0n) is 17.1. The van der Waals surface area contributed by atoms with E-state index in [-0.39, 0.29) is 30.4 Å². The zero-order valence-corrected chi connectivity index (χ0v) is 17.1. The van der Waals surface area contributed by atoms with E-state index in [2.05, 4.69) is 9.97 Å². The fraction of sp³-hybridized carbons (Fsp3) is 0.450. The van der Waals surface area contributed by atoms with Gasteiger partial charge < -0.3 is 19.3 Å². The summed E-state index contributed by atoms with van der Waals surface area (Å²) in [6.45, 7) is 4.56. The lowest BCUT2D eigenvalue weighted by Crippen LogP contribution is -2.31. The van der Waals surface area contributed by atoms with E-state index in [9.17, 15) is 14.7 Å². The minimum Gasteiger partial charge on any atom is -0.389 e. The van der Waals surface area contributed by atoms with Crippen molar-refractivity contribution < 1.29 is 9.84 Å². The Hall–Kier alpha value is -2.91. The molecule has 0 spiro atoms. The molecule has 156 valence electrons. The van der Waals surface area contributed by atoms with Gasteiger partial charge in [0, 0.05) is 20.6 Å². The number of hydrogen-bond acceptors (Lipinski definition) is 6. The highest BCUT2D eigenvalue weighted by Gasteiger charge is 2.22. The molecule has 2 N–H and O–H groups in total. The van der Waals surface area contributed by atoms with Crippen molar-refractivity contribution in [2.24, 2.45) is 7.05 Å². The molecule has 0 bridgehead atoms. The highest BCUT2D eigenvalue weighted by Crippen LogP contribution is 2.21. The third-order valence-corrected chi connectivity index (χ3v) is 4.61. The van der Waals surface area contributed by atoms with Gasteiger partial charge in [-0.2, -0.15) is 4.98 Å². The summed E-state index contributed by atoms with van der Waals surface area (Å²) >= 11 is 0. The van der Waals surface area contributed by atoms with Crippen LogP contribution in [0.15, 0.2) is 39.9 Å². The van der Waals surface area contributed by atoms with Gasteiger partial charge in [0.2, 0.25) is 5.95 Å². The van der Waals surface area contributed by atoms with Crippen LogP contribution in [0.5, 0.6) is 0 Å². The Morgan fingerprint density at radius 1 is 1.24 bits per heavy atom. The molecular formula is C20H27N5O4. The molecule has 9 nitrogen and oxygen atoms in total. The van der Waals surface area contributed by atoms with Gasteiger partial charge in [-0.25, -0.2) is 4.79 Å². The second-order valence-corrected chi connectivity index (χ2v) is 7.39. The summed E-state index contributed by atoms with van der Waals surface area (Å²) < 4.78 is 8.43. The molecule has 2 heterocycles. The number of nitrogens with one attached hydrogen (secondary N) is 1. The van der Waals surface area contributed by atoms with Crippen molar-refractivity contribution in [2.45, 2.75) is 39.1 Å². The number of aliphatic hydroxyl groups is 1. The van der Waals surface area contributed by atoms with Crippen molar-refractivity contribution >= 4 is 17.1 Å². The number of aryl methyl sites for hydroxylation is 1. The monoisotopic (exact) mass is 401 g/mol. The van der Waals surface area contributed by atoms with E-state index in [1.54, 1.807) is 11.6 Å². The summed E-state index contributed by atoms with van der Waals surface area (Å²) in [4.78, 5) is 33.3. The summed E-state index contributed by atoms with van der Waals surface area (Å²) in [5, 5.41) is 10.5. The number of aromatic amines is 1. The van der Waals surface area contributed by atoms with Gasteiger partial charge in [-0.1, -0.05) is 30.3 Å². The van der Waals surface area contributed by atoms with Crippen molar-refractivity contribution in [3.05, 3.63) is 56.7 Å². The molecule has 0 fully saturated rings. The van der Waals surface area contributed by atoms with Crippen LogP contribution >= 0.6 is 0 Å². The van der Waals surface area contributed by atoms with Crippen LogP contribution < -0.4 is 16.1 Å². The van der Waals surface area contributed by atoms with E-state index in [4.69, 9.17) is 4.74 Å². The van der Waals surface area contributed by atoms with Crippen LogP contribution in [0.4, 0.5) is 5.95 Å². The molecule has 0 aliphatic carbocycles. The van der Waals surface area contributed by atoms with Gasteiger partial charge in [0.15, 0.2) is 11.2 Å². The lowest BCUT2D eigenvalue weighted by atomic mass is 10.2. The molecule has 0 saturated heterocycles. The van der Waals surface area contributed by atoms with Crippen LogP contribution in [0.1, 0.15) is 19.4 Å². The van der Waals surface area contributed by atoms with Crippen molar-refractivity contribution in [3.63, 3.8) is 0 Å². The fourth-order valence-electron chi connectivity index (χ4n) is 3.18. The summed E-state index contributed by atoms with van der Waals surface area (Å²) in [5.74, 6) is 0.485. The first-order chi connectivity index (χ1) is 13.8. The molecule has 0 saturated carbocycles. The smallest absolute Gasteiger partial charge is 0.329 e. The second kappa shape index (κ2) is 8.62. The second-order valence-electron chi connectivity index (χ2n) is 7.39. The Morgan fingerprint density at radius 3 is 2.59 bits per heavy atom. The Morgan fingerprint density at radius 2 is 1.93 bits per heavy atom. The van der Waals surface area contributed by atoms with E-state index in [0.29, 0.717) is 12.5 Å². The Balaban J connectivity index is 2.05. The average molecular weight is 401 g/mol. The third-order valence-electron chi connectivity index (χ3n) is 4.61. The normalized spacial score (nSPS) is 12.6. The zero-order chi connectivity index (χ0) is 21.1. The summed E-state index contributed by atoms with van der Waals surface area (Å²) in [6.07, 6.45) is -0.857. The van der Waals surface area contributed by atoms with Crippen molar-refractivity contribution in [1.29, 1.82) is 0 Å². The maximum atomic E-state index is 12.6. The third kappa shape index (κ3) is 4.57. The number of anilines is 1. The topological polar surface area (TPSA) is 105 Å². The number of hydrogen-bond donors (Lipinski definition) is 2. The molecule has 1 atom stereocenters. The Kier molecular flexibility index (Phi) is 6.19. The molecule has 0 amide bonds. The first-order valence-electron chi connectivity index (χ1n) is 9.52. The largest absolute Gasteiger partial charge is 0.389 e. The van der Waals surface area contributed by atoms with Gasteiger partial charge in [0.1, 0.15) is 0 Å². The molecule has 0 aliphatic rings. The maximum Gasteiger partial charge on any atom is 0.329 e. The minimum atomic E-state index is -0.838. The average Bonchev–Trinajstić information content (AvgIpc) is 3.05. The number of nitrogens with zero attached hydrogens (tertiary/aromatic N) is 4. The number of H-pyrrole nitrogens is 1. The number of aromatic nitrogens is 4. The van der Waals surface area contributed by atoms with Crippen LogP contribution in [0.3, 0.4) is 0 Å². The van der Waals surface area contributed by atoms with Crippen molar-refractivity contribution in [2.75, 3.05) is 18.6 Å². The van der Waals surface area contributed by atoms with Crippen LogP contribution in [0.2, 0.25) is 0 Å². The van der Waals surface area contributed by atoms with Gasteiger partial charge in [-0.05, 0) is 19.4 Å². The van der Waals surface area contributed by atoms with Crippen LogP contribution in [0.25, 0.3) is 11.2 Å². The van der Waals surface area contributed by atoms with Crippen molar-refractivity contribution in [1.82, 2.24) is 19.1 Å². The van der Waals surface area contributed by atoms with E-state index >= 15 is 0 Å². The molecule has 29 heavy (non-hydrogen) atoms. The summed E-state index contributed by atoms with van der Waals surface area (Å²) in [7, 11) is 3.41. The van der Waals surface area contributed by atoms with Crippen molar-refractivity contribution in [3.8, 4) is 0 Å². The molecule has 1 aromatic carbocycles. The highest BCUT2D eigenvalue weighted by molar-refractivity contribution is 5.74. The van der Waals surface area contributed by atoms with E-state index in [1.165, 1.54) is 4.57 Å². The molecule has 3 rings (SSSR count). The predicted molar refractivity (Wildman–Crippen MR) is 111 cm³/mol. The lowest BCUT2D eigenvalue weighted by Gasteiger charge is -2.21. The number of benzene rings is 1. The molecule has 0 radical (unpaired) electrons. The number of fused-ring (bicyclic) bond motifs is 1. The van der Waals surface area contributed by atoms with Gasteiger partial charge >= 0.3 is 5.69 Å². The van der Waals surface area contributed by atoms with E-state index < -0.39 is 17.4 Å². The van der Waals surface area contributed by atoms with Gasteiger partial charge in [0.05, 0.1) is 25.4 Å². The number of imidazole rings is 1. The number of ether oxygens (including phenoxy) is 1. The van der Waals surface area contributed by atoms with Crippen LogP contribution in [-0.4, -0.2) is 50.1 Å². The minimum absolute atomic E-state index is 0.0198. The summed E-state index contributed by atoms with van der Waals surface area (Å²) in [6, 6.07) is 9.84. The van der Waals surface area contributed by atoms with E-state index in [0.717, 1.165) is 5.56 Å². The molecule has 0 unspecified atom stereocenters. The molecule has 9 heteroatoms. The quantitative estimate of drug-likeness (QED) is 0.580. The fourth-order valence-corrected chi connectivity index (χ4v) is 3.18. The first-order valence-corrected chi connectivity index (χ1v) is 9.52. The predicted octanol–water partition coefficient (Wildman–Crippen LogP) is 0.846. The molecule has 3 aromatic rings. The van der Waals surface area contributed by atoms with Gasteiger partial charge in [0.25, 0.3) is 5.56 Å². The van der Waals surface area contributed by atoms with E-state index in [1.807, 2.05) is 56.1 Å². The Bertz CT molecular complexity index is 1080. The van der Waals surface area contributed by atoms with Crippen LogP contribution in [-0.2, 0) is 24.9 Å². The molecule has 2 aromatic heterocycles. The first kappa shape index (κ1) is 20.8. The standard InChI is InChI=1S/C20H27N5O4/c1-13(2)29-12-15(26)11-25-16-17(24(4)20(28)22-18(16)27)21-19(25)23(3)10-14-8-6-5-7-9-14/h5-9,13,15,26H,10-12H2,1-4H3,(H,22,27,28)/t15-/m0/s1. The van der Waals surface area contributed by atoms with Gasteiger partial charge in [-0.15, -0.1) is 0 Å². The number of rotatable bonds is 8. The SMILES string of the molecule is CC(C)OC[C@@H](O)Cn1c(N(C)Cc2ccccc2)nc2c1c(=O)[nH]c(=O)n2C. The highest BCUT2D eigenvalue weighted by atomic mass is 16.5. The Labute approximate surface area is 168 Å². The molecular weight excluding hydrogens is 374 g/mol. The van der Waals surface area contributed by atoms with Gasteiger partial charge in [-0.3, -0.25) is 14.3 Å². The lowest BCUT2D eigenvalue weighted by molar-refractivity contribution is -0.000170. The molecule has 0 aliphatic heterocycles.